The van der Waals surface area contributed by atoms with E-state index in [-0.39, 0.29) is 11.9 Å². The number of rotatable bonds is 5. The van der Waals surface area contributed by atoms with E-state index in [4.69, 9.17) is 4.42 Å². The molecule has 0 unspecified atom stereocenters. The van der Waals surface area contributed by atoms with Crippen LogP contribution < -0.4 is 10.6 Å². The summed E-state index contributed by atoms with van der Waals surface area (Å²) < 4.78 is 5.62. The summed E-state index contributed by atoms with van der Waals surface area (Å²) in [4.78, 5) is 24.1. The van der Waals surface area contributed by atoms with Crippen molar-refractivity contribution in [1.82, 2.24) is 20.8 Å². The van der Waals surface area contributed by atoms with Gasteiger partial charge < -0.3 is 9.73 Å². The number of imide groups is 1. The molecule has 1 aliphatic carbocycles. The summed E-state index contributed by atoms with van der Waals surface area (Å²) in [5, 5.41) is 13.0. The first-order chi connectivity index (χ1) is 12.5. The minimum absolute atomic E-state index is 0.165. The van der Waals surface area contributed by atoms with Gasteiger partial charge >= 0.3 is 6.03 Å². The number of thioether (sulfide) groups is 1. The average molecular weight is 374 g/mol. The third kappa shape index (κ3) is 4.85. The van der Waals surface area contributed by atoms with Crippen molar-refractivity contribution in [2.75, 3.05) is 0 Å². The van der Waals surface area contributed by atoms with Gasteiger partial charge in [-0.25, -0.2) is 4.79 Å². The van der Waals surface area contributed by atoms with Crippen LogP contribution >= 0.6 is 11.8 Å². The Morgan fingerprint density at radius 3 is 2.77 bits per heavy atom. The summed E-state index contributed by atoms with van der Waals surface area (Å²) in [7, 11) is 0. The summed E-state index contributed by atoms with van der Waals surface area (Å²) in [5.41, 5.74) is 1.92. The number of benzene rings is 1. The zero-order chi connectivity index (χ0) is 18.5. The molecule has 3 rings (SSSR count). The van der Waals surface area contributed by atoms with Crippen molar-refractivity contribution in [2.24, 2.45) is 0 Å². The van der Waals surface area contributed by atoms with E-state index in [1.807, 2.05) is 31.2 Å². The molecule has 8 heteroatoms. The lowest BCUT2D eigenvalue weighted by atomic mass is 10.1. The van der Waals surface area contributed by atoms with Crippen LogP contribution in [0.5, 0.6) is 0 Å². The van der Waals surface area contributed by atoms with Crippen LogP contribution in [0.15, 0.2) is 33.9 Å². The molecule has 138 valence electrons. The summed E-state index contributed by atoms with van der Waals surface area (Å²) in [5.74, 6) is 0.0172. The van der Waals surface area contributed by atoms with Crippen molar-refractivity contribution in [3.63, 3.8) is 0 Å². The highest BCUT2D eigenvalue weighted by atomic mass is 32.2. The lowest BCUT2D eigenvalue weighted by Gasteiger charge is -2.13. The Labute approximate surface area is 156 Å². The first-order valence-electron chi connectivity index (χ1n) is 8.70. The van der Waals surface area contributed by atoms with Crippen LogP contribution in [0.1, 0.15) is 38.2 Å². The Balaban J connectivity index is 1.53. The first kappa shape index (κ1) is 18.4. The number of aryl methyl sites for hydroxylation is 1. The lowest BCUT2D eigenvalue weighted by molar-refractivity contribution is -0.119. The molecule has 1 heterocycles. The van der Waals surface area contributed by atoms with Crippen molar-refractivity contribution in [3.05, 3.63) is 29.8 Å². The SMILES string of the molecule is Cc1cccc(-c2nnc(S[C@@H](C)C(=O)NC(=O)NC3CCCC3)o2)c1. The van der Waals surface area contributed by atoms with Gasteiger partial charge in [0.25, 0.3) is 5.22 Å². The number of hydrogen-bond acceptors (Lipinski definition) is 6. The number of hydrogen-bond donors (Lipinski definition) is 2. The minimum Gasteiger partial charge on any atom is -0.411 e. The van der Waals surface area contributed by atoms with E-state index in [0.29, 0.717) is 11.1 Å². The molecule has 0 saturated heterocycles. The van der Waals surface area contributed by atoms with E-state index < -0.39 is 11.3 Å². The second-order valence-electron chi connectivity index (χ2n) is 6.45. The van der Waals surface area contributed by atoms with Crippen molar-refractivity contribution >= 4 is 23.7 Å². The second kappa shape index (κ2) is 8.35. The van der Waals surface area contributed by atoms with Crippen molar-refractivity contribution in [3.8, 4) is 11.5 Å². The summed E-state index contributed by atoms with van der Waals surface area (Å²) in [6.45, 7) is 3.68. The molecule has 2 aromatic rings. The molecular formula is C18H22N4O3S. The fraction of sp³-hybridized carbons (Fsp3) is 0.444. The number of carbonyl (C=O) groups is 2. The quantitative estimate of drug-likeness (QED) is 0.780. The normalized spacial score (nSPS) is 15.6. The Bertz CT molecular complexity index is 786. The highest BCUT2D eigenvalue weighted by Gasteiger charge is 2.22. The number of amides is 3. The molecule has 0 bridgehead atoms. The second-order valence-corrected chi connectivity index (χ2v) is 7.74. The predicted molar refractivity (Wildman–Crippen MR) is 98.7 cm³/mol. The van der Waals surface area contributed by atoms with Gasteiger partial charge in [0, 0.05) is 11.6 Å². The standard InChI is InChI=1S/C18H22N4O3S/c1-11-6-5-7-13(10-11)16-21-22-18(25-16)26-12(2)15(23)20-17(24)19-14-8-3-4-9-14/h5-7,10,12,14H,3-4,8-9H2,1-2H3,(H2,19,20,23,24)/t12-/m0/s1. The molecule has 0 aliphatic heterocycles. The van der Waals surface area contributed by atoms with Crippen LogP contribution in [-0.4, -0.2) is 33.4 Å². The lowest BCUT2D eigenvalue weighted by Crippen LogP contribution is -2.45. The summed E-state index contributed by atoms with van der Waals surface area (Å²) >= 11 is 1.12. The molecule has 1 aliphatic rings. The third-order valence-electron chi connectivity index (χ3n) is 4.25. The largest absolute Gasteiger partial charge is 0.411 e. The molecule has 1 atom stereocenters. The molecule has 1 saturated carbocycles. The zero-order valence-corrected chi connectivity index (χ0v) is 15.6. The van der Waals surface area contributed by atoms with E-state index in [0.717, 1.165) is 48.6 Å². The maximum atomic E-state index is 12.2. The molecule has 3 amide bonds. The number of urea groups is 1. The van der Waals surface area contributed by atoms with Crippen LogP contribution in [0.2, 0.25) is 0 Å². The molecular weight excluding hydrogens is 352 g/mol. The fourth-order valence-electron chi connectivity index (χ4n) is 2.86. The van der Waals surface area contributed by atoms with E-state index in [1.54, 1.807) is 6.92 Å². The van der Waals surface area contributed by atoms with Crippen LogP contribution in [-0.2, 0) is 4.79 Å². The Morgan fingerprint density at radius 2 is 2.04 bits per heavy atom. The highest BCUT2D eigenvalue weighted by Crippen LogP contribution is 2.26. The smallest absolute Gasteiger partial charge is 0.321 e. The third-order valence-corrected chi connectivity index (χ3v) is 5.18. The molecule has 0 spiro atoms. The van der Waals surface area contributed by atoms with Crippen molar-refractivity contribution < 1.29 is 14.0 Å². The van der Waals surface area contributed by atoms with Gasteiger partial charge in [-0.1, -0.05) is 42.3 Å². The molecule has 1 aromatic carbocycles. The van der Waals surface area contributed by atoms with Crippen LogP contribution in [0.4, 0.5) is 4.79 Å². The van der Waals surface area contributed by atoms with Crippen molar-refractivity contribution in [1.29, 1.82) is 0 Å². The predicted octanol–water partition coefficient (Wildman–Crippen LogP) is 3.29. The molecule has 1 aromatic heterocycles. The van der Waals surface area contributed by atoms with Gasteiger partial charge in [-0.3, -0.25) is 10.1 Å². The van der Waals surface area contributed by atoms with Gasteiger partial charge in [0.1, 0.15) is 0 Å². The zero-order valence-electron chi connectivity index (χ0n) is 14.8. The van der Waals surface area contributed by atoms with Gasteiger partial charge in [-0.2, -0.15) is 0 Å². The Kier molecular flexibility index (Phi) is 5.92. The topological polar surface area (TPSA) is 97.1 Å². The summed E-state index contributed by atoms with van der Waals surface area (Å²) in [6.07, 6.45) is 4.17. The highest BCUT2D eigenvalue weighted by molar-refractivity contribution is 8.00. The van der Waals surface area contributed by atoms with E-state index in [1.165, 1.54) is 0 Å². The first-order valence-corrected chi connectivity index (χ1v) is 9.58. The molecule has 2 N–H and O–H groups in total. The van der Waals surface area contributed by atoms with Crippen molar-refractivity contribution in [2.45, 2.75) is 56.0 Å². The van der Waals surface area contributed by atoms with Crippen LogP contribution in [0, 0.1) is 6.92 Å². The molecule has 1 fully saturated rings. The molecule has 7 nitrogen and oxygen atoms in total. The van der Waals surface area contributed by atoms with Gasteiger partial charge in [0.15, 0.2) is 0 Å². The Morgan fingerprint density at radius 1 is 1.27 bits per heavy atom. The molecule has 0 radical (unpaired) electrons. The minimum atomic E-state index is -0.532. The number of aromatic nitrogens is 2. The van der Waals surface area contributed by atoms with E-state index in [9.17, 15) is 9.59 Å². The number of carbonyl (C=O) groups excluding carboxylic acids is 2. The van der Waals surface area contributed by atoms with Crippen LogP contribution in [0.3, 0.4) is 0 Å². The number of nitrogens with zero attached hydrogens (tertiary/aromatic N) is 2. The molecule has 26 heavy (non-hydrogen) atoms. The number of nitrogens with one attached hydrogen (secondary N) is 2. The van der Waals surface area contributed by atoms with E-state index >= 15 is 0 Å². The maximum absolute atomic E-state index is 12.2. The fourth-order valence-corrected chi connectivity index (χ4v) is 3.55. The van der Waals surface area contributed by atoms with E-state index in [2.05, 4.69) is 20.8 Å². The van der Waals surface area contributed by atoms with Crippen LogP contribution in [0.25, 0.3) is 11.5 Å². The summed E-state index contributed by atoms with van der Waals surface area (Å²) in [6, 6.07) is 7.46. The monoisotopic (exact) mass is 374 g/mol. The van der Waals surface area contributed by atoms with Gasteiger partial charge in [0.2, 0.25) is 11.8 Å². The van der Waals surface area contributed by atoms with Gasteiger partial charge in [-0.15, -0.1) is 10.2 Å². The Hall–Kier alpha value is -2.35. The maximum Gasteiger partial charge on any atom is 0.321 e. The average Bonchev–Trinajstić information content (AvgIpc) is 3.26. The van der Waals surface area contributed by atoms with Gasteiger partial charge in [0.05, 0.1) is 5.25 Å². The van der Waals surface area contributed by atoms with Gasteiger partial charge in [-0.05, 0) is 38.8 Å².